The zero-order valence-corrected chi connectivity index (χ0v) is 17.4. The van der Waals surface area contributed by atoms with Crippen LogP contribution in [-0.4, -0.2) is 24.6 Å². The first-order chi connectivity index (χ1) is 14.5. The summed E-state index contributed by atoms with van der Waals surface area (Å²) < 4.78 is 11.3. The number of hydrogen-bond donors (Lipinski definition) is 2. The summed E-state index contributed by atoms with van der Waals surface area (Å²) in [6, 6.07) is 18.6. The van der Waals surface area contributed by atoms with E-state index in [4.69, 9.17) is 9.47 Å². The number of aromatic amines is 1. The smallest absolute Gasteiger partial charge is 0.253 e. The Morgan fingerprint density at radius 1 is 1.07 bits per heavy atom. The molecule has 6 heteroatoms. The van der Waals surface area contributed by atoms with Gasteiger partial charge in [-0.3, -0.25) is 9.59 Å². The number of ether oxygens (including phenoxy) is 2. The molecule has 0 aliphatic rings. The number of benzene rings is 2. The summed E-state index contributed by atoms with van der Waals surface area (Å²) in [6.07, 6.45) is -0.289. The first kappa shape index (κ1) is 21.3. The second kappa shape index (κ2) is 9.89. The number of carbonyl (C=O) groups is 1. The molecular weight excluding hydrogens is 380 g/mol. The minimum atomic E-state index is -0.289. The van der Waals surface area contributed by atoms with Crippen LogP contribution in [0.15, 0.2) is 65.5 Å². The monoisotopic (exact) mass is 406 g/mol. The zero-order valence-electron chi connectivity index (χ0n) is 17.4. The number of para-hydroxylation sites is 1. The molecule has 0 radical (unpaired) electrons. The van der Waals surface area contributed by atoms with Crippen molar-refractivity contribution >= 4 is 5.91 Å². The normalized spacial score (nSPS) is 11.7. The molecule has 1 aromatic heterocycles. The maximum atomic E-state index is 12.5. The average Bonchev–Trinajstić information content (AvgIpc) is 2.73. The quantitative estimate of drug-likeness (QED) is 0.598. The molecule has 3 aromatic rings. The molecule has 1 heterocycles. The lowest BCUT2D eigenvalue weighted by Gasteiger charge is -2.19. The Labute approximate surface area is 175 Å². The molecule has 0 aliphatic carbocycles. The third kappa shape index (κ3) is 5.36. The molecule has 1 atom stereocenters. The predicted molar refractivity (Wildman–Crippen MR) is 116 cm³/mol. The number of hydrogen-bond acceptors (Lipinski definition) is 4. The van der Waals surface area contributed by atoms with E-state index in [1.165, 1.54) is 0 Å². The number of aromatic nitrogens is 1. The van der Waals surface area contributed by atoms with Crippen molar-refractivity contribution in [1.29, 1.82) is 0 Å². The van der Waals surface area contributed by atoms with Gasteiger partial charge in [-0.1, -0.05) is 30.3 Å². The van der Waals surface area contributed by atoms with Crippen LogP contribution in [0.25, 0.3) is 0 Å². The van der Waals surface area contributed by atoms with Crippen molar-refractivity contribution in [2.45, 2.75) is 26.5 Å². The molecule has 6 nitrogen and oxygen atoms in total. The molecule has 0 saturated heterocycles. The molecule has 156 valence electrons. The van der Waals surface area contributed by atoms with E-state index in [0.717, 1.165) is 22.6 Å². The van der Waals surface area contributed by atoms with Crippen LogP contribution in [0.4, 0.5) is 0 Å². The Morgan fingerprint density at radius 2 is 1.77 bits per heavy atom. The topological polar surface area (TPSA) is 80.4 Å². The van der Waals surface area contributed by atoms with Gasteiger partial charge in [0.05, 0.1) is 6.61 Å². The molecule has 0 bridgehead atoms. The minimum Gasteiger partial charge on any atom is -0.483 e. The Hall–Kier alpha value is -3.38. The zero-order chi connectivity index (χ0) is 21.5. The average molecular weight is 406 g/mol. The van der Waals surface area contributed by atoms with Crippen molar-refractivity contribution in [1.82, 2.24) is 10.3 Å². The molecule has 2 N–H and O–H groups in total. The second-order valence-corrected chi connectivity index (χ2v) is 7.12. The molecule has 2 aromatic carbocycles. The summed E-state index contributed by atoms with van der Waals surface area (Å²) in [4.78, 5) is 27.4. The Bertz CT molecular complexity index is 1040. The van der Waals surface area contributed by atoms with E-state index in [1.807, 2.05) is 62.4 Å². The van der Waals surface area contributed by atoms with Crippen LogP contribution in [0.2, 0.25) is 0 Å². The predicted octanol–water partition coefficient (Wildman–Crippen LogP) is 3.69. The highest BCUT2D eigenvalue weighted by Gasteiger charge is 2.15. The van der Waals surface area contributed by atoms with Crippen LogP contribution in [0.5, 0.6) is 5.75 Å². The van der Waals surface area contributed by atoms with Crippen LogP contribution in [-0.2, 0) is 11.3 Å². The third-order valence-corrected chi connectivity index (χ3v) is 4.80. The van der Waals surface area contributed by atoms with Gasteiger partial charge >= 0.3 is 0 Å². The molecule has 1 unspecified atom stereocenters. The molecule has 0 fully saturated rings. The van der Waals surface area contributed by atoms with E-state index in [1.54, 1.807) is 19.2 Å². The maximum absolute atomic E-state index is 12.5. The molecule has 0 saturated carbocycles. The summed E-state index contributed by atoms with van der Waals surface area (Å²) in [5, 5.41) is 2.82. The fraction of sp³-hybridized carbons (Fsp3) is 0.250. The third-order valence-electron chi connectivity index (χ3n) is 4.80. The highest BCUT2D eigenvalue weighted by Crippen LogP contribution is 2.22. The van der Waals surface area contributed by atoms with Gasteiger partial charge in [0.1, 0.15) is 11.9 Å². The van der Waals surface area contributed by atoms with Gasteiger partial charge < -0.3 is 19.8 Å². The van der Waals surface area contributed by atoms with Gasteiger partial charge in [-0.2, -0.15) is 0 Å². The molecule has 0 aliphatic heterocycles. The highest BCUT2D eigenvalue weighted by molar-refractivity contribution is 5.94. The lowest BCUT2D eigenvalue weighted by molar-refractivity contribution is 0.0809. The number of amides is 1. The lowest BCUT2D eigenvalue weighted by atomic mass is 10.1. The van der Waals surface area contributed by atoms with Gasteiger partial charge in [-0.15, -0.1) is 0 Å². The van der Waals surface area contributed by atoms with Crippen molar-refractivity contribution in [3.8, 4) is 5.75 Å². The first-order valence-electron chi connectivity index (χ1n) is 9.76. The summed E-state index contributed by atoms with van der Waals surface area (Å²) >= 11 is 0. The van der Waals surface area contributed by atoms with Gasteiger partial charge in [0.2, 0.25) is 0 Å². The highest BCUT2D eigenvalue weighted by atomic mass is 16.5. The van der Waals surface area contributed by atoms with Gasteiger partial charge in [0.25, 0.3) is 11.5 Å². The second-order valence-electron chi connectivity index (χ2n) is 7.12. The molecule has 1 amide bonds. The lowest BCUT2D eigenvalue weighted by Crippen LogP contribution is -2.28. The van der Waals surface area contributed by atoms with Crippen molar-refractivity contribution < 1.29 is 14.3 Å². The van der Waals surface area contributed by atoms with E-state index in [-0.39, 0.29) is 24.1 Å². The van der Waals surface area contributed by atoms with E-state index in [2.05, 4.69) is 10.3 Å². The standard InChI is InChI=1S/C24H26N2O4/c1-16-13-17(2)26-24(28)21(16)14-25-23(27)19-11-9-18(10-12-19)22(15-29-3)30-20-7-5-4-6-8-20/h4-13,22H,14-15H2,1-3H3,(H,25,27)(H,26,28). The number of aryl methyl sites for hydroxylation is 2. The van der Waals surface area contributed by atoms with Crippen LogP contribution in [0.1, 0.15) is 38.8 Å². The molecular formula is C24H26N2O4. The fourth-order valence-corrected chi connectivity index (χ4v) is 3.23. The van der Waals surface area contributed by atoms with Gasteiger partial charge in [0.15, 0.2) is 0 Å². The summed E-state index contributed by atoms with van der Waals surface area (Å²) in [7, 11) is 1.62. The summed E-state index contributed by atoms with van der Waals surface area (Å²) in [5.41, 5.74) is 3.45. The minimum absolute atomic E-state index is 0.172. The maximum Gasteiger partial charge on any atom is 0.253 e. The SMILES string of the molecule is COCC(Oc1ccccc1)c1ccc(C(=O)NCc2c(C)cc(C)[nH]c2=O)cc1. The number of H-pyrrole nitrogens is 1. The number of rotatable bonds is 8. The number of pyridine rings is 1. The van der Waals surface area contributed by atoms with Gasteiger partial charge in [-0.25, -0.2) is 0 Å². The Morgan fingerprint density at radius 3 is 2.40 bits per heavy atom. The number of nitrogens with one attached hydrogen (secondary N) is 2. The van der Waals surface area contributed by atoms with E-state index < -0.39 is 0 Å². The number of carbonyl (C=O) groups excluding carboxylic acids is 1. The van der Waals surface area contributed by atoms with Crippen LogP contribution >= 0.6 is 0 Å². The van der Waals surface area contributed by atoms with Crippen molar-refractivity contribution in [3.05, 3.63) is 99.0 Å². The number of methoxy groups -OCH3 is 1. The van der Waals surface area contributed by atoms with Crippen LogP contribution < -0.4 is 15.6 Å². The van der Waals surface area contributed by atoms with E-state index in [9.17, 15) is 9.59 Å². The van der Waals surface area contributed by atoms with Gasteiger partial charge in [0, 0.05) is 30.5 Å². The van der Waals surface area contributed by atoms with Crippen LogP contribution in [0, 0.1) is 13.8 Å². The molecule has 0 spiro atoms. The van der Waals surface area contributed by atoms with Gasteiger partial charge in [-0.05, 0) is 55.3 Å². The van der Waals surface area contributed by atoms with Crippen molar-refractivity contribution in [2.24, 2.45) is 0 Å². The Balaban J connectivity index is 1.68. The Kier molecular flexibility index (Phi) is 7.03. The van der Waals surface area contributed by atoms with Crippen molar-refractivity contribution in [3.63, 3.8) is 0 Å². The van der Waals surface area contributed by atoms with E-state index in [0.29, 0.717) is 17.7 Å². The molecule has 3 rings (SSSR count). The first-order valence-corrected chi connectivity index (χ1v) is 9.76. The van der Waals surface area contributed by atoms with Crippen LogP contribution in [0.3, 0.4) is 0 Å². The molecule has 30 heavy (non-hydrogen) atoms. The summed E-state index contributed by atoms with van der Waals surface area (Å²) in [6.45, 7) is 4.25. The summed E-state index contributed by atoms with van der Waals surface area (Å²) in [5.74, 6) is 0.508. The van der Waals surface area contributed by atoms with E-state index >= 15 is 0 Å². The fourth-order valence-electron chi connectivity index (χ4n) is 3.23. The van der Waals surface area contributed by atoms with Crippen molar-refractivity contribution in [2.75, 3.05) is 13.7 Å². The largest absolute Gasteiger partial charge is 0.483 e.